The van der Waals surface area contributed by atoms with E-state index in [9.17, 15) is 19.5 Å². The summed E-state index contributed by atoms with van der Waals surface area (Å²) in [6.07, 6.45) is 1.03. The van der Waals surface area contributed by atoms with E-state index >= 15 is 0 Å². The van der Waals surface area contributed by atoms with Crippen LogP contribution in [0.5, 0.6) is 0 Å². The molecule has 17 heteroatoms. The molecule has 2 rings (SSSR count). The number of rotatable bonds is 7. The van der Waals surface area contributed by atoms with Crippen molar-refractivity contribution in [2.45, 2.75) is 6.54 Å². The van der Waals surface area contributed by atoms with Gasteiger partial charge in [0, 0.05) is 18.1 Å². The summed E-state index contributed by atoms with van der Waals surface area (Å²) >= 11 is 7.05. The molecule has 0 amide bonds. The van der Waals surface area contributed by atoms with Crippen molar-refractivity contribution < 1.29 is 34.0 Å². The zero-order valence-corrected chi connectivity index (χ0v) is 16.9. The molecule has 0 aromatic carbocycles. The maximum Gasteiger partial charge on any atom is 0.339 e. The molecule has 0 aliphatic carbocycles. The Morgan fingerprint density at radius 3 is 2.75 bits per heavy atom. The van der Waals surface area contributed by atoms with Gasteiger partial charge in [0.25, 0.3) is 5.96 Å². The monoisotopic (exact) mass is 460 g/mol. The summed E-state index contributed by atoms with van der Waals surface area (Å²) in [7, 11) is -2.42. The first-order valence-corrected chi connectivity index (χ1v) is 10.3. The second kappa shape index (κ2) is 11.2. The molecule has 1 fully saturated rings. The van der Waals surface area contributed by atoms with Gasteiger partial charge in [0.15, 0.2) is 9.50 Å². The summed E-state index contributed by atoms with van der Waals surface area (Å²) in [4.78, 5) is 44.7. The first kappa shape index (κ1) is 24.2. The van der Waals surface area contributed by atoms with E-state index in [2.05, 4.69) is 15.4 Å². The van der Waals surface area contributed by atoms with Crippen molar-refractivity contribution >= 4 is 42.5 Å². The molecule has 1 aliphatic rings. The number of nitrogens with one attached hydrogen (secondary N) is 1. The number of hydrazone groups is 1. The molecule has 1 saturated heterocycles. The minimum atomic E-state index is -4.10. The number of guanidine groups is 1. The molecule has 0 bridgehead atoms. The highest BCUT2D eigenvalue weighted by molar-refractivity contribution is 7.51. The summed E-state index contributed by atoms with van der Waals surface area (Å²) in [5.74, 6) is -0.885. The number of aromatic nitrogens is 1. The third-order valence-electron chi connectivity index (χ3n) is 2.79. The molecule has 1 aromatic heterocycles. The fraction of sp³-hybridized carbons (Fsp3) is 0.545. The number of carboxylic acids is 1. The molecule has 0 atom stereocenters. The van der Waals surface area contributed by atoms with Crippen molar-refractivity contribution in [3.05, 3.63) is 25.7 Å². The van der Waals surface area contributed by atoms with Crippen molar-refractivity contribution in [1.29, 1.82) is 0 Å². The lowest BCUT2D eigenvalue weighted by Gasteiger charge is -2.34. The van der Waals surface area contributed by atoms with Gasteiger partial charge in [-0.3, -0.25) is 14.7 Å². The van der Waals surface area contributed by atoms with Crippen LogP contribution in [0.2, 0.25) is 4.47 Å². The zero-order valence-electron chi connectivity index (χ0n) is 14.5. The van der Waals surface area contributed by atoms with E-state index in [4.69, 9.17) is 31.2 Å². The van der Waals surface area contributed by atoms with Gasteiger partial charge in [-0.05, 0) is 0 Å². The molecule has 0 spiro atoms. The molecule has 0 radical (unpaired) electrons. The van der Waals surface area contributed by atoms with Crippen molar-refractivity contribution in [2.75, 3.05) is 33.3 Å². The average molecular weight is 461 g/mol. The number of carboxylic acid groups (broad SMARTS) is 1. The van der Waals surface area contributed by atoms with Gasteiger partial charge in [0.05, 0.1) is 19.4 Å². The fourth-order valence-corrected chi connectivity index (χ4v) is 3.22. The molecule has 0 saturated carbocycles. The Morgan fingerprint density at radius 2 is 2.25 bits per heavy atom. The number of nitro groups is 1. The predicted octanol–water partition coefficient (Wildman–Crippen LogP) is -0.181. The molecule has 158 valence electrons. The van der Waals surface area contributed by atoms with Crippen LogP contribution in [0.15, 0.2) is 11.3 Å². The van der Waals surface area contributed by atoms with Crippen LogP contribution in [0.25, 0.3) is 0 Å². The lowest BCUT2D eigenvalue weighted by atomic mass is 10.5. The summed E-state index contributed by atoms with van der Waals surface area (Å²) in [6.45, 7) is 0.492. The summed E-state index contributed by atoms with van der Waals surface area (Å²) in [6, 6.07) is 0. The van der Waals surface area contributed by atoms with Crippen LogP contribution in [0, 0.1) is 10.1 Å². The average Bonchev–Trinajstić information content (AvgIpc) is 2.94. The topological polar surface area (TPSA) is 191 Å². The van der Waals surface area contributed by atoms with Gasteiger partial charge in [-0.15, -0.1) is 11.3 Å². The third kappa shape index (κ3) is 9.89. The van der Waals surface area contributed by atoms with E-state index in [1.807, 2.05) is 0 Å². The van der Waals surface area contributed by atoms with E-state index in [-0.39, 0.29) is 19.4 Å². The zero-order chi connectivity index (χ0) is 21.3. The summed E-state index contributed by atoms with van der Waals surface area (Å²) in [5.41, 5.74) is 0. The number of aliphatic carboxylic acids is 1. The van der Waals surface area contributed by atoms with Crippen LogP contribution in [-0.2, 0) is 20.6 Å². The van der Waals surface area contributed by atoms with Gasteiger partial charge in [-0.2, -0.15) is 0 Å². The number of nitrogens with zero attached hydrogens (tertiary/aromatic N) is 5. The number of thiazole rings is 1. The second-order valence-electron chi connectivity index (χ2n) is 5.22. The Kier molecular flexibility index (Phi) is 9.68. The van der Waals surface area contributed by atoms with Crippen LogP contribution in [0.4, 0.5) is 0 Å². The Morgan fingerprint density at radius 1 is 1.57 bits per heavy atom. The molecular formula is C11H18ClN6O8PS. The molecule has 1 aromatic rings. The van der Waals surface area contributed by atoms with Crippen molar-refractivity contribution in [3.8, 4) is 0 Å². The summed E-state index contributed by atoms with van der Waals surface area (Å²) < 4.78 is 15.8. The maximum atomic E-state index is 10.5. The van der Waals surface area contributed by atoms with E-state index in [0.29, 0.717) is 11.0 Å². The Balaban J connectivity index is 0.000000336. The lowest BCUT2D eigenvalue weighted by molar-refractivity contribution is -0.486. The van der Waals surface area contributed by atoms with Gasteiger partial charge in [0.2, 0.25) is 0 Å². The first-order valence-electron chi connectivity index (χ1n) is 7.32. The molecule has 2 heterocycles. The first-order chi connectivity index (χ1) is 13.0. The minimum absolute atomic E-state index is 0.243. The Bertz CT molecular complexity index is 757. The standard InChI is InChI=1S/C8H10ClN5O3S.C3H8NO5P/c1-12-4-17-5-13(8(12)11-14(15)16)3-6-2-10-7(9)18-6;5-3(6)1-4-2-10(7,8)9/h2H,3-5H2,1H3;4H,1-2H2,(H,5,6)(H2,7,8,9)/b11-8+;. The van der Waals surface area contributed by atoms with E-state index < -0.39 is 31.4 Å². The van der Waals surface area contributed by atoms with Gasteiger partial charge in [-0.1, -0.05) is 11.6 Å². The molecule has 1 aliphatic heterocycles. The number of halogens is 1. The highest BCUT2D eigenvalue weighted by atomic mass is 35.5. The fourth-order valence-electron chi connectivity index (χ4n) is 1.83. The van der Waals surface area contributed by atoms with Crippen LogP contribution < -0.4 is 5.32 Å². The van der Waals surface area contributed by atoms with Gasteiger partial charge in [0.1, 0.15) is 18.6 Å². The van der Waals surface area contributed by atoms with Gasteiger partial charge in [-0.25, -0.2) is 15.1 Å². The van der Waals surface area contributed by atoms with Crippen molar-refractivity contribution in [1.82, 2.24) is 20.1 Å². The van der Waals surface area contributed by atoms with Crippen LogP contribution in [0.3, 0.4) is 0 Å². The highest BCUT2D eigenvalue weighted by Crippen LogP contribution is 2.31. The third-order valence-corrected chi connectivity index (χ3v) is 4.53. The highest BCUT2D eigenvalue weighted by Gasteiger charge is 2.25. The predicted molar refractivity (Wildman–Crippen MR) is 98.2 cm³/mol. The molecule has 4 N–H and O–H groups in total. The normalized spacial score (nSPS) is 15.9. The van der Waals surface area contributed by atoms with E-state index in [1.165, 1.54) is 11.3 Å². The summed E-state index contributed by atoms with van der Waals surface area (Å²) in [5, 5.41) is 23.2. The molecular weight excluding hydrogens is 443 g/mol. The number of carbonyl (C=O) groups is 1. The maximum absolute atomic E-state index is 10.5. The van der Waals surface area contributed by atoms with Crippen LogP contribution in [-0.4, -0.2) is 80.0 Å². The smallest absolute Gasteiger partial charge is 0.339 e. The largest absolute Gasteiger partial charge is 0.480 e. The number of ether oxygens (including phenoxy) is 1. The van der Waals surface area contributed by atoms with E-state index in [1.54, 1.807) is 23.0 Å². The quantitative estimate of drug-likeness (QED) is 0.239. The van der Waals surface area contributed by atoms with Crippen LogP contribution in [0.1, 0.15) is 4.88 Å². The van der Waals surface area contributed by atoms with Crippen molar-refractivity contribution in [2.24, 2.45) is 5.10 Å². The lowest BCUT2D eigenvalue weighted by Crippen LogP contribution is -2.49. The van der Waals surface area contributed by atoms with Gasteiger partial charge < -0.3 is 29.4 Å². The Hall–Kier alpha value is -1.87. The molecule has 28 heavy (non-hydrogen) atoms. The SMILES string of the molecule is CN1COCN(Cc2cnc(Cl)s2)/C1=N/[N+](=O)[O-].O=C(O)CNCP(=O)(O)O. The van der Waals surface area contributed by atoms with E-state index in [0.717, 1.165) is 4.88 Å². The van der Waals surface area contributed by atoms with Crippen molar-refractivity contribution in [3.63, 3.8) is 0 Å². The van der Waals surface area contributed by atoms with Gasteiger partial charge >= 0.3 is 13.6 Å². The molecule has 0 unspecified atom stereocenters. The second-order valence-corrected chi connectivity index (χ2v) is 8.56. The number of hydrogen-bond acceptors (Lipinski definition) is 8. The Labute approximate surface area is 167 Å². The molecule has 14 nitrogen and oxygen atoms in total. The van der Waals surface area contributed by atoms with Crippen LogP contribution >= 0.6 is 30.5 Å². The number of hydrogen-bond donors (Lipinski definition) is 4. The minimum Gasteiger partial charge on any atom is -0.480 e.